The second kappa shape index (κ2) is 4.03. The summed E-state index contributed by atoms with van der Waals surface area (Å²) in [6, 6.07) is 7.28. The monoisotopic (exact) mass is 208 g/mol. The maximum Gasteiger partial charge on any atom is 0.309 e. The summed E-state index contributed by atoms with van der Waals surface area (Å²) >= 11 is 0. The molecule has 0 heterocycles. The molecular weight excluding hydrogens is 192 g/mol. The van der Waals surface area contributed by atoms with E-state index in [0.29, 0.717) is 5.56 Å². The van der Waals surface area contributed by atoms with Gasteiger partial charge in [-0.1, -0.05) is 24.3 Å². The lowest BCUT2D eigenvalue weighted by Gasteiger charge is -2.29. The van der Waals surface area contributed by atoms with Gasteiger partial charge in [0.15, 0.2) is 0 Å². The van der Waals surface area contributed by atoms with Crippen molar-refractivity contribution in [3.05, 3.63) is 35.4 Å². The molecule has 0 bridgehead atoms. The van der Waals surface area contributed by atoms with Crippen LogP contribution in [0.3, 0.4) is 0 Å². The molecule has 0 fully saturated rings. The number of hydrogen-bond donors (Lipinski definition) is 2. The number of aryl methyl sites for hydroxylation is 1. The van der Waals surface area contributed by atoms with Crippen LogP contribution in [-0.2, 0) is 10.4 Å². The van der Waals surface area contributed by atoms with Crippen LogP contribution in [0.1, 0.15) is 25.0 Å². The van der Waals surface area contributed by atoms with Gasteiger partial charge in [-0.3, -0.25) is 4.79 Å². The summed E-state index contributed by atoms with van der Waals surface area (Å²) in [5, 5.41) is 19.1. The van der Waals surface area contributed by atoms with Crippen molar-refractivity contribution in [2.45, 2.75) is 26.4 Å². The Bertz CT molecular complexity index is 369. The van der Waals surface area contributed by atoms with Crippen molar-refractivity contribution in [3.63, 3.8) is 0 Å². The average Bonchev–Trinajstić information content (AvgIpc) is 2.16. The fourth-order valence-corrected chi connectivity index (χ4v) is 1.61. The van der Waals surface area contributed by atoms with Gasteiger partial charge in [-0.05, 0) is 31.9 Å². The molecule has 82 valence electrons. The van der Waals surface area contributed by atoms with Crippen LogP contribution in [-0.4, -0.2) is 16.2 Å². The Hall–Kier alpha value is -1.35. The maximum absolute atomic E-state index is 10.9. The van der Waals surface area contributed by atoms with Gasteiger partial charge in [0.05, 0.1) is 5.92 Å². The number of aliphatic hydroxyl groups is 1. The Kier molecular flexibility index (Phi) is 3.15. The highest BCUT2D eigenvalue weighted by atomic mass is 16.4. The molecule has 0 aromatic heterocycles. The maximum atomic E-state index is 10.9. The third-order valence-electron chi connectivity index (χ3n) is 2.90. The molecule has 0 saturated heterocycles. The number of carboxylic acid groups (broad SMARTS) is 1. The van der Waals surface area contributed by atoms with Crippen LogP contribution in [0.15, 0.2) is 24.3 Å². The highest BCUT2D eigenvalue weighted by Crippen LogP contribution is 2.31. The van der Waals surface area contributed by atoms with Gasteiger partial charge in [0.25, 0.3) is 0 Å². The van der Waals surface area contributed by atoms with Crippen molar-refractivity contribution < 1.29 is 15.0 Å². The summed E-state index contributed by atoms with van der Waals surface area (Å²) in [6.45, 7) is 4.90. The molecule has 0 radical (unpaired) electrons. The minimum absolute atomic E-state index is 0.667. The molecule has 0 aliphatic heterocycles. The summed E-state index contributed by atoms with van der Waals surface area (Å²) in [7, 11) is 0. The van der Waals surface area contributed by atoms with Gasteiger partial charge in [0, 0.05) is 0 Å². The van der Waals surface area contributed by atoms with E-state index >= 15 is 0 Å². The van der Waals surface area contributed by atoms with Crippen molar-refractivity contribution in [2.24, 2.45) is 5.92 Å². The number of benzene rings is 1. The smallest absolute Gasteiger partial charge is 0.309 e. The third-order valence-corrected chi connectivity index (χ3v) is 2.90. The van der Waals surface area contributed by atoms with E-state index in [2.05, 4.69) is 0 Å². The molecule has 0 amide bonds. The fraction of sp³-hybridized carbons (Fsp3) is 0.417. The Morgan fingerprint density at radius 3 is 2.40 bits per heavy atom. The first-order valence-electron chi connectivity index (χ1n) is 4.88. The molecule has 1 rings (SSSR count). The topological polar surface area (TPSA) is 57.5 Å². The van der Waals surface area contributed by atoms with Crippen LogP contribution < -0.4 is 0 Å². The van der Waals surface area contributed by atoms with Crippen LogP contribution in [0.4, 0.5) is 0 Å². The Morgan fingerprint density at radius 1 is 1.40 bits per heavy atom. The Labute approximate surface area is 89.4 Å². The second-order valence-electron chi connectivity index (χ2n) is 4.02. The molecule has 1 aromatic rings. The summed E-state index contributed by atoms with van der Waals surface area (Å²) in [5.74, 6) is -1.83. The predicted octanol–water partition coefficient (Wildman–Crippen LogP) is 1.92. The van der Waals surface area contributed by atoms with Crippen molar-refractivity contribution in [1.29, 1.82) is 0 Å². The first-order valence-corrected chi connectivity index (χ1v) is 4.88. The zero-order valence-corrected chi connectivity index (χ0v) is 9.19. The average molecular weight is 208 g/mol. The van der Waals surface area contributed by atoms with E-state index in [1.165, 1.54) is 13.8 Å². The molecule has 1 aromatic carbocycles. The lowest BCUT2D eigenvalue weighted by Crippen LogP contribution is -2.35. The lowest BCUT2D eigenvalue weighted by molar-refractivity contribution is -0.150. The van der Waals surface area contributed by atoms with E-state index in [0.717, 1.165) is 5.56 Å². The third kappa shape index (κ3) is 2.18. The number of carbonyl (C=O) groups is 1. The fourth-order valence-electron chi connectivity index (χ4n) is 1.61. The van der Waals surface area contributed by atoms with Crippen molar-refractivity contribution in [3.8, 4) is 0 Å². The highest BCUT2D eigenvalue weighted by molar-refractivity contribution is 5.71. The van der Waals surface area contributed by atoms with E-state index in [9.17, 15) is 9.90 Å². The second-order valence-corrected chi connectivity index (χ2v) is 4.02. The zero-order chi connectivity index (χ0) is 11.6. The summed E-state index contributed by atoms with van der Waals surface area (Å²) in [6.07, 6.45) is 0. The number of carboxylic acids is 1. The summed E-state index contributed by atoms with van der Waals surface area (Å²) in [4.78, 5) is 10.9. The predicted molar refractivity (Wildman–Crippen MR) is 57.5 cm³/mol. The van der Waals surface area contributed by atoms with E-state index < -0.39 is 17.5 Å². The zero-order valence-electron chi connectivity index (χ0n) is 9.19. The normalized spacial score (nSPS) is 16.8. The van der Waals surface area contributed by atoms with Gasteiger partial charge in [0.2, 0.25) is 0 Å². The summed E-state index contributed by atoms with van der Waals surface area (Å²) < 4.78 is 0. The standard InChI is InChI=1S/C12H16O3/c1-8-6-4-5-7-10(8)12(3,15)9(2)11(13)14/h4-7,9,15H,1-3H3,(H,13,14). The Balaban J connectivity index is 3.16. The molecule has 0 saturated carbocycles. The molecule has 2 atom stereocenters. The molecule has 0 aliphatic carbocycles. The molecule has 0 spiro atoms. The van der Waals surface area contributed by atoms with Crippen LogP contribution in [0.25, 0.3) is 0 Å². The number of aliphatic carboxylic acids is 1. The van der Waals surface area contributed by atoms with Crippen LogP contribution in [0, 0.1) is 12.8 Å². The van der Waals surface area contributed by atoms with Crippen molar-refractivity contribution in [1.82, 2.24) is 0 Å². The molecule has 3 nitrogen and oxygen atoms in total. The quantitative estimate of drug-likeness (QED) is 0.797. The number of rotatable bonds is 3. The van der Waals surface area contributed by atoms with Gasteiger partial charge < -0.3 is 10.2 Å². The first-order chi connectivity index (χ1) is 6.87. The van der Waals surface area contributed by atoms with E-state index in [1.54, 1.807) is 12.1 Å². The van der Waals surface area contributed by atoms with E-state index in [4.69, 9.17) is 5.11 Å². The highest BCUT2D eigenvalue weighted by Gasteiger charge is 2.36. The molecule has 2 N–H and O–H groups in total. The van der Waals surface area contributed by atoms with Crippen LogP contribution >= 0.6 is 0 Å². The molecule has 15 heavy (non-hydrogen) atoms. The minimum Gasteiger partial charge on any atom is -0.481 e. The van der Waals surface area contributed by atoms with Gasteiger partial charge in [-0.2, -0.15) is 0 Å². The minimum atomic E-state index is -1.34. The van der Waals surface area contributed by atoms with Crippen LogP contribution in [0.2, 0.25) is 0 Å². The SMILES string of the molecule is Cc1ccccc1C(C)(O)C(C)C(=O)O. The van der Waals surface area contributed by atoms with E-state index in [1.807, 2.05) is 19.1 Å². The number of hydrogen-bond acceptors (Lipinski definition) is 2. The first kappa shape index (κ1) is 11.7. The molecule has 2 unspecified atom stereocenters. The van der Waals surface area contributed by atoms with Crippen molar-refractivity contribution >= 4 is 5.97 Å². The molecule has 0 aliphatic rings. The van der Waals surface area contributed by atoms with Gasteiger partial charge >= 0.3 is 5.97 Å². The summed E-state index contributed by atoms with van der Waals surface area (Å²) in [5.41, 5.74) is 0.229. The lowest BCUT2D eigenvalue weighted by atomic mass is 9.82. The largest absolute Gasteiger partial charge is 0.481 e. The van der Waals surface area contributed by atoms with E-state index in [-0.39, 0.29) is 0 Å². The Morgan fingerprint density at radius 2 is 1.93 bits per heavy atom. The van der Waals surface area contributed by atoms with Crippen molar-refractivity contribution in [2.75, 3.05) is 0 Å². The van der Waals surface area contributed by atoms with Gasteiger partial charge in [-0.25, -0.2) is 0 Å². The molecular formula is C12H16O3. The van der Waals surface area contributed by atoms with Gasteiger partial charge in [0.1, 0.15) is 5.60 Å². The van der Waals surface area contributed by atoms with Crippen LogP contribution in [0.5, 0.6) is 0 Å². The van der Waals surface area contributed by atoms with Gasteiger partial charge in [-0.15, -0.1) is 0 Å². The molecule has 3 heteroatoms.